The average Bonchev–Trinajstić information content (AvgIpc) is 3.50. The molecule has 1 atom stereocenters. The highest BCUT2D eigenvalue weighted by molar-refractivity contribution is 6.46. The van der Waals surface area contributed by atoms with Crippen LogP contribution in [0.2, 0.25) is 10.0 Å². The summed E-state index contributed by atoms with van der Waals surface area (Å²) in [6.07, 6.45) is 5.49. The second kappa shape index (κ2) is 10.4. The van der Waals surface area contributed by atoms with Crippen molar-refractivity contribution >= 4 is 51.8 Å². The molecule has 0 saturated carbocycles. The van der Waals surface area contributed by atoms with E-state index in [4.69, 9.17) is 32.7 Å². The molecule has 3 aromatic rings. The number of nitrogens with zero attached hydrogens (tertiary/aromatic N) is 6. The lowest BCUT2D eigenvalue weighted by molar-refractivity contribution is -0.0394. The molecular weight excluding hydrogens is 543 g/mol. The summed E-state index contributed by atoms with van der Waals surface area (Å²) in [6.45, 7) is 6.54. The van der Waals surface area contributed by atoms with E-state index in [1.54, 1.807) is 49.7 Å². The van der Waals surface area contributed by atoms with E-state index in [0.29, 0.717) is 53.1 Å². The Morgan fingerprint density at radius 3 is 2.74 bits per heavy atom. The van der Waals surface area contributed by atoms with Gasteiger partial charge in [0.25, 0.3) is 5.91 Å². The molecule has 4 heterocycles. The maximum Gasteiger partial charge on any atom is 0.415 e. The highest BCUT2D eigenvalue weighted by atomic mass is 35.5. The number of rotatable bonds is 4. The second-order valence-corrected chi connectivity index (χ2v) is 11.6. The van der Waals surface area contributed by atoms with Crippen LogP contribution in [-0.4, -0.2) is 63.6 Å². The number of amides is 2. The van der Waals surface area contributed by atoms with Crippen molar-refractivity contribution in [3.05, 3.63) is 34.2 Å². The Hall–Kier alpha value is -3.26. The number of nitriles is 1. The van der Waals surface area contributed by atoms with Gasteiger partial charge in [-0.15, -0.1) is 0 Å². The Morgan fingerprint density at radius 2 is 2.08 bits per heavy atom. The molecule has 2 aromatic heterocycles. The van der Waals surface area contributed by atoms with Crippen LogP contribution in [0.5, 0.6) is 0 Å². The summed E-state index contributed by atoms with van der Waals surface area (Å²) in [5.74, 6) is -0.198. The number of likely N-dealkylation sites (N-methyl/N-ethyl adjacent to an activating group) is 1. The smallest absolute Gasteiger partial charge is 0.415 e. The van der Waals surface area contributed by atoms with Gasteiger partial charge in [0.2, 0.25) is 0 Å². The van der Waals surface area contributed by atoms with Crippen LogP contribution < -0.4 is 4.90 Å². The number of hydrogen-bond acceptors (Lipinski definition) is 6. The van der Waals surface area contributed by atoms with Crippen LogP contribution in [-0.2, 0) is 16.0 Å². The minimum absolute atomic E-state index is 0.190. The SMILES string of the molecule is CN1CCn2c(c(-c3cnn(C4CCCCO4)c3)c3c(N(CC#N)C(=O)OC(C)(C)C)cc(Cl)c(Cl)c32)C1=O. The minimum Gasteiger partial charge on any atom is -0.443 e. The largest absolute Gasteiger partial charge is 0.443 e. The molecule has 1 unspecified atom stereocenters. The van der Waals surface area contributed by atoms with E-state index in [1.807, 2.05) is 16.8 Å². The minimum atomic E-state index is -0.803. The Bertz CT molecular complexity index is 1490. The lowest BCUT2D eigenvalue weighted by Crippen LogP contribution is -2.37. The summed E-state index contributed by atoms with van der Waals surface area (Å²) >= 11 is 13.4. The summed E-state index contributed by atoms with van der Waals surface area (Å²) in [5.41, 5.74) is 1.66. The Labute approximate surface area is 236 Å². The van der Waals surface area contributed by atoms with Crippen molar-refractivity contribution < 1.29 is 19.1 Å². The van der Waals surface area contributed by atoms with E-state index < -0.39 is 11.7 Å². The van der Waals surface area contributed by atoms with Crippen LogP contribution in [0.4, 0.5) is 10.5 Å². The number of carbonyl (C=O) groups is 2. The van der Waals surface area contributed by atoms with Crippen LogP contribution in [0.3, 0.4) is 0 Å². The van der Waals surface area contributed by atoms with Crippen LogP contribution >= 0.6 is 23.2 Å². The van der Waals surface area contributed by atoms with E-state index in [-0.39, 0.29) is 28.7 Å². The van der Waals surface area contributed by atoms with Gasteiger partial charge in [0, 0.05) is 49.5 Å². The Kier molecular flexibility index (Phi) is 7.27. The number of benzene rings is 1. The zero-order valence-electron chi connectivity index (χ0n) is 22.3. The van der Waals surface area contributed by atoms with Gasteiger partial charge in [-0.25, -0.2) is 9.48 Å². The maximum absolute atomic E-state index is 13.6. The number of aromatic nitrogens is 3. The van der Waals surface area contributed by atoms with Crippen molar-refractivity contribution in [3.63, 3.8) is 0 Å². The molecule has 0 N–H and O–H groups in total. The van der Waals surface area contributed by atoms with Gasteiger partial charge in [-0.1, -0.05) is 23.2 Å². The molecular formula is C27H30Cl2N6O4. The van der Waals surface area contributed by atoms with Gasteiger partial charge in [0.05, 0.1) is 33.5 Å². The maximum atomic E-state index is 13.6. The molecule has 0 aliphatic carbocycles. The van der Waals surface area contributed by atoms with E-state index in [9.17, 15) is 14.9 Å². The summed E-state index contributed by atoms with van der Waals surface area (Å²) in [4.78, 5) is 29.9. The molecule has 0 spiro atoms. The second-order valence-electron chi connectivity index (χ2n) is 10.8. The number of hydrogen-bond donors (Lipinski definition) is 0. The van der Waals surface area contributed by atoms with Gasteiger partial charge in [-0.3, -0.25) is 9.69 Å². The zero-order valence-corrected chi connectivity index (χ0v) is 23.8. The fraction of sp³-hybridized carbons (Fsp3) is 0.481. The lowest BCUT2D eigenvalue weighted by atomic mass is 10.0. The quantitative estimate of drug-likeness (QED) is 0.362. The van der Waals surface area contributed by atoms with E-state index in [2.05, 4.69) is 5.10 Å². The molecule has 2 aliphatic rings. The zero-order chi connectivity index (χ0) is 28.1. The first-order valence-corrected chi connectivity index (χ1v) is 13.6. The third-order valence-corrected chi connectivity index (χ3v) is 7.66. The monoisotopic (exact) mass is 572 g/mol. The molecule has 1 aromatic carbocycles. The van der Waals surface area contributed by atoms with Crippen molar-refractivity contribution in [2.75, 3.05) is 31.6 Å². The van der Waals surface area contributed by atoms with Crippen LogP contribution in [0.1, 0.15) is 56.8 Å². The highest BCUT2D eigenvalue weighted by Gasteiger charge is 2.36. The summed E-state index contributed by atoms with van der Waals surface area (Å²) < 4.78 is 15.2. The van der Waals surface area contributed by atoms with Gasteiger partial charge >= 0.3 is 6.09 Å². The molecule has 10 nitrogen and oxygen atoms in total. The molecule has 2 aliphatic heterocycles. The molecule has 39 heavy (non-hydrogen) atoms. The Balaban J connectivity index is 1.80. The average molecular weight is 573 g/mol. The molecule has 2 amide bonds. The van der Waals surface area contributed by atoms with Gasteiger partial charge < -0.3 is 18.9 Å². The lowest BCUT2D eigenvalue weighted by Gasteiger charge is -2.27. The number of fused-ring (bicyclic) bond motifs is 3. The fourth-order valence-electron chi connectivity index (χ4n) is 5.13. The van der Waals surface area contributed by atoms with Crippen molar-refractivity contribution in [3.8, 4) is 17.2 Å². The normalized spacial score (nSPS) is 17.7. The topological polar surface area (TPSA) is 106 Å². The molecule has 5 rings (SSSR count). The summed E-state index contributed by atoms with van der Waals surface area (Å²) in [6, 6.07) is 3.60. The third kappa shape index (κ3) is 4.95. The molecule has 1 saturated heterocycles. The Morgan fingerprint density at radius 1 is 1.31 bits per heavy atom. The summed E-state index contributed by atoms with van der Waals surface area (Å²) in [5, 5.41) is 15.2. The van der Waals surface area contributed by atoms with Gasteiger partial charge in [-0.2, -0.15) is 10.4 Å². The predicted molar refractivity (Wildman–Crippen MR) is 148 cm³/mol. The standard InChI is InChI=1S/C27H30Cl2N6O4/c1-27(2,3)39-26(37)33(9-8-30)18-13-17(28)22(29)23-21(18)20(24-25(36)32(4)10-11-34(23)24)16-14-31-35(15-16)19-7-5-6-12-38-19/h13-15,19H,5-7,9-12H2,1-4H3. The van der Waals surface area contributed by atoms with Crippen molar-refractivity contribution in [1.29, 1.82) is 5.26 Å². The van der Waals surface area contributed by atoms with Crippen LogP contribution in [0, 0.1) is 11.3 Å². The van der Waals surface area contributed by atoms with Gasteiger partial charge in [0.15, 0.2) is 0 Å². The third-order valence-electron chi connectivity index (χ3n) is 6.88. The van der Waals surface area contributed by atoms with E-state index >= 15 is 0 Å². The molecule has 206 valence electrons. The van der Waals surface area contributed by atoms with Gasteiger partial charge in [-0.05, 0) is 46.1 Å². The number of carbonyl (C=O) groups excluding carboxylic acids is 2. The number of anilines is 1. The van der Waals surface area contributed by atoms with Gasteiger partial charge in [0.1, 0.15) is 24.1 Å². The van der Waals surface area contributed by atoms with Crippen molar-refractivity contribution in [2.45, 2.75) is 58.4 Å². The first-order valence-electron chi connectivity index (χ1n) is 12.8. The van der Waals surface area contributed by atoms with Crippen molar-refractivity contribution in [1.82, 2.24) is 19.2 Å². The number of halogens is 2. The van der Waals surface area contributed by atoms with Crippen LogP contribution in [0.15, 0.2) is 18.5 Å². The first-order chi connectivity index (χ1) is 18.5. The molecule has 0 bridgehead atoms. The van der Waals surface area contributed by atoms with Crippen LogP contribution in [0.25, 0.3) is 22.0 Å². The van der Waals surface area contributed by atoms with E-state index in [0.717, 1.165) is 19.3 Å². The first kappa shape index (κ1) is 27.3. The number of ether oxygens (including phenoxy) is 2. The van der Waals surface area contributed by atoms with Crippen molar-refractivity contribution in [2.24, 2.45) is 0 Å². The fourth-order valence-corrected chi connectivity index (χ4v) is 5.57. The van der Waals surface area contributed by atoms with E-state index in [1.165, 1.54) is 4.90 Å². The molecule has 1 fully saturated rings. The molecule has 12 heteroatoms. The predicted octanol–water partition coefficient (Wildman–Crippen LogP) is 5.86. The molecule has 0 radical (unpaired) electrons. The highest BCUT2D eigenvalue weighted by Crippen LogP contribution is 2.47. The summed E-state index contributed by atoms with van der Waals surface area (Å²) in [7, 11) is 1.74.